The quantitative estimate of drug-likeness (QED) is 0.891. The van der Waals surface area contributed by atoms with Crippen LogP contribution >= 0.6 is 0 Å². The van der Waals surface area contributed by atoms with E-state index >= 15 is 0 Å². The average Bonchev–Trinajstić information content (AvgIpc) is 2.37. The van der Waals surface area contributed by atoms with E-state index in [1.54, 1.807) is 12.1 Å². The lowest BCUT2D eigenvalue weighted by Gasteiger charge is -2.07. The first-order chi connectivity index (χ1) is 8.69. The molecule has 4 heteroatoms. The number of hydrogen-bond acceptors (Lipinski definition) is 2. The molecule has 0 fully saturated rings. The van der Waals surface area contributed by atoms with Gasteiger partial charge >= 0.3 is 0 Å². The van der Waals surface area contributed by atoms with Crippen molar-refractivity contribution in [3.63, 3.8) is 0 Å². The molecule has 2 rings (SSSR count). The third-order valence-electron chi connectivity index (χ3n) is 2.45. The second kappa shape index (κ2) is 5.28. The van der Waals surface area contributed by atoms with Crippen molar-refractivity contribution in [3.8, 4) is 6.07 Å². The van der Waals surface area contributed by atoms with Gasteiger partial charge in [-0.1, -0.05) is 12.1 Å². The second-order valence-electron chi connectivity index (χ2n) is 3.79. The van der Waals surface area contributed by atoms with E-state index in [0.717, 1.165) is 23.4 Å². The van der Waals surface area contributed by atoms with Gasteiger partial charge in [0.15, 0.2) is 11.6 Å². The van der Waals surface area contributed by atoms with Crippen LogP contribution in [0.2, 0.25) is 0 Å². The Hall–Kier alpha value is -2.41. The van der Waals surface area contributed by atoms with E-state index in [-0.39, 0.29) is 0 Å². The van der Waals surface area contributed by atoms with E-state index in [2.05, 4.69) is 11.4 Å². The van der Waals surface area contributed by atoms with E-state index in [1.807, 2.05) is 12.1 Å². The summed E-state index contributed by atoms with van der Waals surface area (Å²) in [5.74, 6) is -1.76. The minimum absolute atomic E-state index is 0.353. The van der Waals surface area contributed by atoms with E-state index in [0.29, 0.717) is 12.1 Å². The molecule has 0 aliphatic heterocycles. The molecule has 0 aliphatic rings. The maximum atomic E-state index is 13.0. The smallest absolute Gasteiger partial charge is 0.160 e. The van der Waals surface area contributed by atoms with Crippen molar-refractivity contribution in [2.45, 2.75) is 6.42 Å². The van der Waals surface area contributed by atoms with Crippen LogP contribution in [-0.2, 0) is 6.42 Å². The molecule has 2 aromatic rings. The molecule has 0 saturated carbocycles. The third kappa shape index (κ3) is 2.83. The number of nitrogens with zero attached hydrogens (tertiary/aromatic N) is 1. The summed E-state index contributed by atoms with van der Waals surface area (Å²) in [6.45, 7) is 0. The molecular formula is C14H10F2N2. The fourth-order valence-corrected chi connectivity index (χ4v) is 1.54. The SMILES string of the molecule is N#CCc1ccc(Nc2ccc(F)c(F)c2)cc1. The summed E-state index contributed by atoms with van der Waals surface area (Å²) in [6.07, 6.45) is 0.353. The zero-order valence-electron chi connectivity index (χ0n) is 9.45. The normalized spacial score (nSPS) is 9.83. The molecule has 0 unspecified atom stereocenters. The Kier molecular flexibility index (Phi) is 3.54. The first kappa shape index (κ1) is 12.1. The number of rotatable bonds is 3. The van der Waals surface area contributed by atoms with Gasteiger partial charge in [-0.15, -0.1) is 0 Å². The minimum atomic E-state index is -0.888. The largest absolute Gasteiger partial charge is 0.355 e. The van der Waals surface area contributed by atoms with Crippen LogP contribution in [0.25, 0.3) is 0 Å². The van der Waals surface area contributed by atoms with Crippen LogP contribution in [0.3, 0.4) is 0 Å². The highest BCUT2D eigenvalue weighted by atomic mass is 19.2. The van der Waals surface area contributed by atoms with Gasteiger partial charge in [-0.3, -0.25) is 0 Å². The summed E-state index contributed by atoms with van der Waals surface area (Å²) < 4.78 is 25.7. The van der Waals surface area contributed by atoms with Gasteiger partial charge in [-0.2, -0.15) is 5.26 Å². The monoisotopic (exact) mass is 244 g/mol. The van der Waals surface area contributed by atoms with Crippen molar-refractivity contribution < 1.29 is 8.78 Å². The van der Waals surface area contributed by atoms with Crippen LogP contribution in [0, 0.1) is 23.0 Å². The van der Waals surface area contributed by atoms with E-state index in [9.17, 15) is 8.78 Å². The second-order valence-corrected chi connectivity index (χ2v) is 3.79. The molecule has 0 radical (unpaired) electrons. The van der Waals surface area contributed by atoms with Crippen LogP contribution in [0.4, 0.5) is 20.2 Å². The Morgan fingerprint density at radius 3 is 2.22 bits per heavy atom. The Bertz CT molecular complexity index is 586. The Balaban J connectivity index is 2.13. The zero-order chi connectivity index (χ0) is 13.0. The standard InChI is InChI=1S/C14H10F2N2/c15-13-6-5-12(9-14(13)16)18-11-3-1-10(2-4-11)7-8-17/h1-6,9,18H,7H2. The third-order valence-corrected chi connectivity index (χ3v) is 2.45. The van der Waals surface area contributed by atoms with Crippen molar-refractivity contribution >= 4 is 11.4 Å². The minimum Gasteiger partial charge on any atom is -0.355 e. The van der Waals surface area contributed by atoms with Crippen molar-refractivity contribution in [2.24, 2.45) is 0 Å². The van der Waals surface area contributed by atoms with Gasteiger partial charge in [0.2, 0.25) is 0 Å². The van der Waals surface area contributed by atoms with E-state index in [1.165, 1.54) is 6.07 Å². The molecule has 0 bridgehead atoms. The summed E-state index contributed by atoms with van der Waals surface area (Å²) in [5.41, 5.74) is 2.14. The number of nitrogens with one attached hydrogen (secondary N) is 1. The number of benzene rings is 2. The topological polar surface area (TPSA) is 35.8 Å². The summed E-state index contributed by atoms with van der Waals surface area (Å²) in [6, 6.07) is 12.9. The molecule has 0 atom stereocenters. The van der Waals surface area contributed by atoms with Gasteiger partial charge in [0.05, 0.1) is 12.5 Å². The fourth-order valence-electron chi connectivity index (χ4n) is 1.54. The Morgan fingerprint density at radius 1 is 0.944 bits per heavy atom. The molecule has 18 heavy (non-hydrogen) atoms. The van der Waals surface area contributed by atoms with Gasteiger partial charge in [-0.05, 0) is 29.8 Å². The highest BCUT2D eigenvalue weighted by molar-refractivity contribution is 5.59. The molecular weight excluding hydrogens is 234 g/mol. The zero-order valence-corrected chi connectivity index (χ0v) is 9.45. The van der Waals surface area contributed by atoms with Gasteiger partial charge in [-0.25, -0.2) is 8.78 Å². The van der Waals surface area contributed by atoms with Crippen LogP contribution in [0.5, 0.6) is 0 Å². The predicted octanol–water partition coefficient (Wildman–Crippen LogP) is 3.77. The first-order valence-electron chi connectivity index (χ1n) is 5.37. The first-order valence-corrected chi connectivity index (χ1v) is 5.37. The van der Waals surface area contributed by atoms with Crippen LogP contribution in [0.1, 0.15) is 5.56 Å². The van der Waals surface area contributed by atoms with Gasteiger partial charge in [0.25, 0.3) is 0 Å². The number of anilines is 2. The van der Waals surface area contributed by atoms with Crippen LogP contribution in [-0.4, -0.2) is 0 Å². The van der Waals surface area contributed by atoms with Gasteiger partial charge in [0.1, 0.15) is 0 Å². The lowest BCUT2D eigenvalue weighted by Crippen LogP contribution is -1.93. The van der Waals surface area contributed by atoms with Crippen molar-refractivity contribution in [1.29, 1.82) is 5.26 Å². The molecule has 0 saturated heterocycles. The highest BCUT2D eigenvalue weighted by Crippen LogP contribution is 2.19. The summed E-state index contributed by atoms with van der Waals surface area (Å²) in [7, 11) is 0. The lowest BCUT2D eigenvalue weighted by atomic mass is 10.1. The molecule has 0 aliphatic carbocycles. The number of nitriles is 1. The number of hydrogen-bond donors (Lipinski definition) is 1. The predicted molar refractivity (Wildman–Crippen MR) is 65.4 cm³/mol. The molecule has 1 N–H and O–H groups in total. The summed E-state index contributed by atoms with van der Waals surface area (Å²) >= 11 is 0. The molecule has 0 amide bonds. The maximum Gasteiger partial charge on any atom is 0.160 e. The molecule has 2 aromatic carbocycles. The Morgan fingerprint density at radius 2 is 1.61 bits per heavy atom. The molecule has 0 aromatic heterocycles. The Labute approximate surface area is 103 Å². The van der Waals surface area contributed by atoms with Gasteiger partial charge < -0.3 is 5.32 Å². The van der Waals surface area contributed by atoms with E-state index < -0.39 is 11.6 Å². The lowest BCUT2D eigenvalue weighted by molar-refractivity contribution is 0.509. The molecule has 0 spiro atoms. The number of halogens is 2. The summed E-state index contributed by atoms with van der Waals surface area (Å²) in [5, 5.41) is 11.5. The van der Waals surface area contributed by atoms with Crippen molar-refractivity contribution in [2.75, 3.05) is 5.32 Å². The average molecular weight is 244 g/mol. The molecule has 90 valence electrons. The maximum absolute atomic E-state index is 13.0. The highest BCUT2D eigenvalue weighted by Gasteiger charge is 2.02. The van der Waals surface area contributed by atoms with Crippen molar-refractivity contribution in [3.05, 3.63) is 59.7 Å². The van der Waals surface area contributed by atoms with Crippen LogP contribution < -0.4 is 5.32 Å². The fraction of sp³-hybridized carbons (Fsp3) is 0.0714. The van der Waals surface area contributed by atoms with Crippen molar-refractivity contribution in [1.82, 2.24) is 0 Å². The van der Waals surface area contributed by atoms with Gasteiger partial charge in [0, 0.05) is 17.4 Å². The van der Waals surface area contributed by atoms with Crippen LogP contribution in [0.15, 0.2) is 42.5 Å². The summed E-state index contributed by atoms with van der Waals surface area (Å²) in [4.78, 5) is 0. The van der Waals surface area contributed by atoms with E-state index in [4.69, 9.17) is 5.26 Å². The molecule has 2 nitrogen and oxygen atoms in total. The molecule has 0 heterocycles.